The first kappa shape index (κ1) is 15.8. The molecule has 2 aromatic carbocycles. The zero-order chi connectivity index (χ0) is 17.3. The summed E-state index contributed by atoms with van der Waals surface area (Å²) in [6.45, 7) is 6.16. The molecule has 1 aromatic heterocycles. The first-order chi connectivity index (χ1) is 11.5. The minimum Gasteiger partial charge on any atom is -0.504 e. The second-order valence-electron chi connectivity index (χ2n) is 5.89. The van der Waals surface area contributed by atoms with Gasteiger partial charge < -0.3 is 10.2 Å². The predicted octanol–water partition coefficient (Wildman–Crippen LogP) is 4.02. The summed E-state index contributed by atoms with van der Waals surface area (Å²) in [5, 5.41) is 24.5. The molecule has 0 saturated heterocycles. The Hall–Kier alpha value is -3.08. The Labute approximate surface area is 140 Å². The SMILES string of the molecule is Cc1cc(C)c2nc(N/N=C/c3cccc(O)c3O)cc(C)c2c1. The van der Waals surface area contributed by atoms with Crippen LogP contribution in [0.3, 0.4) is 0 Å². The third-order valence-electron chi connectivity index (χ3n) is 3.88. The zero-order valence-electron chi connectivity index (χ0n) is 13.8. The molecule has 3 aromatic rings. The number of phenols is 2. The van der Waals surface area contributed by atoms with Crippen molar-refractivity contribution >= 4 is 22.9 Å². The summed E-state index contributed by atoms with van der Waals surface area (Å²) in [4.78, 5) is 4.61. The van der Waals surface area contributed by atoms with Crippen LogP contribution in [0.15, 0.2) is 41.5 Å². The van der Waals surface area contributed by atoms with E-state index in [1.807, 2.05) is 19.9 Å². The van der Waals surface area contributed by atoms with Gasteiger partial charge in [0.05, 0.1) is 11.7 Å². The minimum absolute atomic E-state index is 0.176. The Balaban J connectivity index is 1.91. The normalized spacial score (nSPS) is 11.3. The molecule has 24 heavy (non-hydrogen) atoms. The second-order valence-corrected chi connectivity index (χ2v) is 5.89. The third kappa shape index (κ3) is 3.01. The molecule has 122 valence electrons. The van der Waals surface area contributed by atoms with Crippen LogP contribution < -0.4 is 5.43 Å². The van der Waals surface area contributed by atoms with Crippen LogP contribution in [0.25, 0.3) is 10.9 Å². The van der Waals surface area contributed by atoms with Crippen molar-refractivity contribution in [2.24, 2.45) is 5.10 Å². The van der Waals surface area contributed by atoms with Crippen LogP contribution >= 0.6 is 0 Å². The van der Waals surface area contributed by atoms with Gasteiger partial charge in [-0.1, -0.05) is 17.7 Å². The quantitative estimate of drug-likeness (QED) is 0.387. The lowest BCUT2D eigenvalue weighted by Gasteiger charge is -2.09. The van der Waals surface area contributed by atoms with Crippen LogP contribution in [0.2, 0.25) is 0 Å². The first-order valence-corrected chi connectivity index (χ1v) is 7.64. The Morgan fingerprint density at radius 2 is 1.83 bits per heavy atom. The van der Waals surface area contributed by atoms with E-state index in [0.29, 0.717) is 11.4 Å². The summed E-state index contributed by atoms with van der Waals surface area (Å²) in [6.07, 6.45) is 1.44. The number of nitrogens with one attached hydrogen (secondary N) is 1. The van der Waals surface area contributed by atoms with E-state index in [1.54, 1.807) is 12.1 Å². The van der Waals surface area contributed by atoms with Gasteiger partial charge >= 0.3 is 0 Å². The number of rotatable bonds is 3. The summed E-state index contributed by atoms with van der Waals surface area (Å²) in [5.74, 6) is 0.254. The van der Waals surface area contributed by atoms with Gasteiger partial charge in [-0.25, -0.2) is 4.98 Å². The largest absolute Gasteiger partial charge is 0.504 e. The molecule has 5 nitrogen and oxygen atoms in total. The van der Waals surface area contributed by atoms with Gasteiger partial charge in [0.2, 0.25) is 0 Å². The summed E-state index contributed by atoms with van der Waals surface area (Å²) in [6, 6.07) is 10.9. The smallest absolute Gasteiger partial charge is 0.166 e. The number of aromatic nitrogens is 1. The fourth-order valence-electron chi connectivity index (χ4n) is 2.72. The molecular weight excluding hydrogens is 302 g/mol. The van der Waals surface area contributed by atoms with Crippen LogP contribution in [-0.2, 0) is 0 Å². The van der Waals surface area contributed by atoms with E-state index in [4.69, 9.17) is 0 Å². The van der Waals surface area contributed by atoms with Gasteiger partial charge in [-0.05, 0) is 56.2 Å². The van der Waals surface area contributed by atoms with Crippen LogP contribution in [-0.4, -0.2) is 21.4 Å². The highest BCUT2D eigenvalue weighted by Gasteiger charge is 2.06. The van der Waals surface area contributed by atoms with Gasteiger partial charge in [0.25, 0.3) is 0 Å². The van der Waals surface area contributed by atoms with Gasteiger partial charge in [-0.15, -0.1) is 0 Å². The maximum Gasteiger partial charge on any atom is 0.166 e. The number of aromatic hydroxyl groups is 2. The average molecular weight is 321 g/mol. The summed E-state index contributed by atoms with van der Waals surface area (Å²) >= 11 is 0. The third-order valence-corrected chi connectivity index (χ3v) is 3.88. The highest BCUT2D eigenvalue weighted by Crippen LogP contribution is 2.27. The molecule has 0 radical (unpaired) electrons. The fraction of sp³-hybridized carbons (Fsp3) is 0.158. The topological polar surface area (TPSA) is 77.7 Å². The number of para-hydroxylation sites is 1. The van der Waals surface area contributed by atoms with Crippen molar-refractivity contribution in [2.75, 3.05) is 5.43 Å². The molecule has 0 amide bonds. The monoisotopic (exact) mass is 321 g/mol. The summed E-state index contributed by atoms with van der Waals surface area (Å²) < 4.78 is 0. The van der Waals surface area contributed by atoms with Gasteiger partial charge in [-0.2, -0.15) is 5.10 Å². The van der Waals surface area contributed by atoms with Crippen molar-refractivity contribution in [3.8, 4) is 11.5 Å². The number of fused-ring (bicyclic) bond motifs is 1. The van der Waals surface area contributed by atoms with Crippen LogP contribution in [0.1, 0.15) is 22.3 Å². The second kappa shape index (κ2) is 6.20. The number of hydrogen-bond donors (Lipinski definition) is 3. The van der Waals surface area contributed by atoms with E-state index in [2.05, 4.69) is 34.6 Å². The molecule has 5 heteroatoms. The van der Waals surface area contributed by atoms with Crippen molar-refractivity contribution in [3.05, 3.63) is 58.7 Å². The Kier molecular flexibility index (Phi) is 4.08. The van der Waals surface area contributed by atoms with Crippen molar-refractivity contribution in [1.29, 1.82) is 0 Å². The standard InChI is InChI=1S/C19H19N3O2/c1-11-7-13(3)18-15(8-11)12(2)9-17(21-18)22-20-10-14-5-4-6-16(23)19(14)24/h4-10,23-24H,1-3H3,(H,21,22)/b20-10+. The van der Waals surface area contributed by atoms with E-state index in [-0.39, 0.29) is 11.5 Å². The molecule has 0 aliphatic carbocycles. The Morgan fingerprint density at radius 1 is 1.04 bits per heavy atom. The zero-order valence-corrected chi connectivity index (χ0v) is 13.8. The van der Waals surface area contributed by atoms with Gasteiger partial charge in [-0.3, -0.25) is 5.43 Å². The first-order valence-electron chi connectivity index (χ1n) is 7.64. The molecule has 0 atom stereocenters. The van der Waals surface area contributed by atoms with Crippen molar-refractivity contribution in [2.45, 2.75) is 20.8 Å². The lowest BCUT2D eigenvalue weighted by Crippen LogP contribution is -1.97. The number of benzene rings is 2. The van der Waals surface area contributed by atoms with E-state index in [1.165, 1.54) is 17.8 Å². The Bertz CT molecular complexity index is 949. The molecule has 0 spiro atoms. The molecule has 3 rings (SSSR count). The molecule has 0 saturated carbocycles. The van der Waals surface area contributed by atoms with E-state index >= 15 is 0 Å². The maximum atomic E-state index is 9.76. The summed E-state index contributed by atoms with van der Waals surface area (Å²) in [7, 11) is 0. The maximum absolute atomic E-state index is 9.76. The molecule has 0 bridgehead atoms. The van der Waals surface area contributed by atoms with Gasteiger partial charge in [0.15, 0.2) is 11.5 Å². The van der Waals surface area contributed by atoms with Crippen molar-refractivity contribution < 1.29 is 10.2 Å². The van der Waals surface area contributed by atoms with Crippen LogP contribution in [0.4, 0.5) is 5.82 Å². The predicted molar refractivity (Wildman–Crippen MR) is 96.9 cm³/mol. The molecule has 0 unspecified atom stereocenters. The molecule has 0 aliphatic rings. The van der Waals surface area contributed by atoms with E-state index in [0.717, 1.165) is 22.0 Å². The van der Waals surface area contributed by atoms with Crippen molar-refractivity contribution in [1.82, 2.24) is 4.98 Å². The lowest BCUT2D eigenvalue weighted by molar-refractivity contribution is 0.403. The number of hydrazone groups is 1. The Morgan fingerprint density at radius 3 is 2.62 bits per heavy atom. The number of phenolic OH excluding ortho intramolecular Hbond substituents is 2. The van der Waals surface area contributed by atoms with Crippen molar-refractivity contribution in [3.63, 3.8) is 0 Å². The number of aryl methyl sites for hydroxylation is 3. The molecule has 0 fully saturated rings. The molecule has 0 aliphatic heterocycles. The molecule has 3 N–H and O–H groups in total. The van der Waals surface area contributed by atoms with Crippen LogP contribution in [0.5, 0.6) is 11.5 Å². The highest BCUT2D eigenvalue weighted by atomic mass is 16.3. The number of nitrogens with zero attached hydrogens (tertiary/aromatic N) is 2. The molecule has 1 heterocycles. The highest BCUT2D eigenvalue weighted by molar-refractivity contribution is 5.88. The van der Waals surface area contributed by atoms with E-state index in [9.17, 15) is 10.2 Å². The van der Waals surface area contributed by atoms with Gasteiger partial charge in [0.1, 0.15) is 5.82 Å². The fourth-order valence-corrected chi connectivity index (χ4v) is 2.72. The minimum atomic E-state index is -0.197. The van der Waals surface area contributed by atoms with Crippen LogP contribution in [0, 0.1) is 20.8 Å². The number of hydrogen-bond acceptors (Lipinski definition) is 5. The average Bonchev–Trinajstić information content (AvgIpc) is 2.53. The number of pyridine rings is 1. The van der Waals surface area contributed by atoms with E-state index < -0.39 is 0 Å². The summed E-state index contributed by atoms with van der Waals surface area (Å²) in [5.41, 5.74) is 7.69. The lowest BCUT2D eigenvalue weighted by atomic mass is 10.0. The number of anilines is 1. The molecular formula is C19H19N3O2. The van der Waals surface area contributed by atoms with Gasteiger partial charge in [0, 0.05) is 10.9 Å².